The van der Waals surface area contributed by atoms with Gasteiger partial charge in [-0.05, 0) is 17.9 Å². The number of methoxy groups -OCH3 is 1. The van der Waals surface area contributed by atoms with Crippen molar-refractivity contribution in [1.29, 1.82) is 0 Å². The van der Waals surface area contributed by atoms with Crippen LogP contribution in [0.3, 0.4) is 0 Å². The van der Waals surface area contributed by atoms with E-state index in [1.165, 1.54) is 0 Å². The molecule has 1 atom stereocenters. The molecule has 0 radical (unpaired) electrons. The second kappa shape index (κ2) is 6.95. The molecule has 2 aromatic heterocycles. The first-order chi connectivity index (χ1) is 11.2. The number of carbonyl (C=O) groups is 1. The van der Waals surface area contributed by atoms with Crippen molar-refractivity contribution in [1.82, 2.24) is 14.9 Å². The number of carbonyl (C=O) groups excluding carboxylic acids is 1. The maximum absolute atomic E-state index is 12.4. The van der Waals surface area contributed by atoms with Crippen LogP contribution in [-0.2, 0) is 11.2 Å². The number of hydrogen-bond acceptors (Lipinski definition) is 6. The smallest absolute Gasteiger partial charge is 0.257 e. The molecule has 0 spiro atoms. The minimum absolute atomic E-state index is 0.158. The highest BCUT2D eigenvalue weighted by Gasteiger charge is 2.30. The molecule has 23 heavy (non-hydrogen) atoms. The van der Waals surface area contributed by atoms with E-state index < -0.39 is 0 Å². The van der Waals surface area contributed by atoms with Crippen LogP contribution >= 0.6 is 11.3 Å². The number of rotatable bonds is 5. The number of thiophene rings is 1. The quantitative estimate of drug-likeness (QED) is 0.836. The fourth-order valence-corrected chi connectivity index (χ4v) is 3.52. The third kappa shape index (κ3) is 3.44. The summed E-state index contributed by atoms with van der Waals surface area (Å²) < 4.78 is 5.28. The van der Waals surface area contributed by atoms with Crippen LogP contribution in [0.2, 0.25) is 0 Å². The summed E-state index contributed by atoms with van der Waals surface area (Å²) in [5.41, 5.74) is 0. The van der Waals surface area contributed by atoms with E-state index in [-0.39, 0.29) is 11.9 Å². The molecule has 122 valence electrons. The molecule has 1 amide bonds. The number of anilines is 1. The molecule has 6 nitrogen and oxygen atoms in total. The zero-order valence-corrected chi connectivity index (χ0v) is 14.1. The van der Waals surface area contributed by atoms with Crippen molar-refractivity contribution in [3.8, 4) is 5.88 Å². The Morgan fingerprint density at radius 2 is 2.30 bits per heavy atom. The van der Waals surface area contributed by atoms with Gasteiger partial charge in [0.25, 0.3) is 5.88 Å². The van der Waals surface area contributed by atoms with Gasteiger partial charge < -0.3 is 14.5 Å². The summed E-state index contributed by atoms with van der Waals surface area (Å²) in [5.74, 6) is 1.43. The molecule has 0 bridgehead atoms. The lowest BCUT2D eigenvalue weighted by Crippen LogP contribution is -2.39. The molecule has 1 saturated heterocycles. The normalized spacial score (nSPS) is 17.3. The maximum atomic E-state index is 12.4. The standard InChI is InChI=1S/C16H20N4O2S/c1-19(14(21)10-13-4-3-9-23-13)12-5-8-20(11-12)15-16(22-2)18-7-6-17-15/h3-4,6-7,9,12H,5,8,10-11H2,1-2H3/t12-/m0/s1. The summed E-state index contributed by atoms with van der Waals surface area (Å²) in [4.78, 5) is 26.1. The molecule has 0 aliphatic carbocycles. The summed E-state index contributed by atoms with van der Waals surface area (Å²) in [6.07, 6.45) is 4.68. The Bertz CT molecular complexity index is 662. The fraction of sp³-hybridized carbons (Fsp3) is 0.438. The number of ether oxygens (including phenoxy) is 1. The lowest BCUT2D eigenvalue weighted by molar-refractivity contribution is -0.130. The number of hydrogen-bond donors (Lipinski definition) is 0. The van der Waals surface area contributed by atoms with Crippen molar-refractivity contribution in [3.63, 3.8) is 0 Å². The van der Waals surface area contributed by atoms with Crippen LogP contribution in [0.25, 0.3) is 0 Å². The molecule has 3 rings (SSSR count). The van der Waals surface area contributed by atoms with Gasteiger partial charge in [0.05, 0.1) is 19.6 Å². The number of nitrogens with zero attached hydrogens (tertiary/aromatic N) is 4. The molecular formula is C16H20N4O2S. The lowest BCUT2D eigenvalue weighted by Gasteiger charge is -2.25. The SMILES string of the molecule is COc1nccnc1N1CC[C@H](N(C)C(=O)Cc2cccs2)C1. The van der Waals surface area contributed by atoms with Gasteiger partial charge in [-0.15, -0.1) is 11.3 Å². The molecule has 1 aliphatic heterocycles. The van der Waals surface area contributed by atoms with E-state index in [9.17, 15) is 4.79 Å². The third-order valence-electron chi connectivity index (χ3n) is 4.15. The minimum atomic E-state index is 0.158. The highest BCUT2D eigenvalue weighted by molar-refractivity contribution is 7.10. The Kier molecular flexibility index (Phi) is 4.76. The van der Waals surface area contributed by atoms with Crippen LogP contribution < -0.4 is 9.64 Å². The molecule has 1 fully saturated rings. The van der Waals surface area contributed by atoms with Gasteiger partial charge in [0.1, 0.15) is 0 Å². The lowest BCUT2D eigenvalue weighted by atomic mass is 10.2. The summed E-state index contributed by atoms with van der Waals surface area (Å²) in [6.45, 7) is 1.60. The summed E-state index contributed by atoms with van der Waals surface area (Å²) in [6, 6.07) is 4.17. The number of likely N-dealkylation sites (N-methyl/N-ethyl adjacent to an activating group) is 1. The van der Waals surface area contributed by atoms with Gasteiger partial charge in [0, 0.05) is 37.4 Å². The molecule has 0 unspecified atom stereocenters. The molecule has 1 aliphatic rings. The maximum Gasteiger partial charge on any atom is 0.257 e. The van der Waals surface area contributed by atoms with E-state index in [1.54, 1.807) is 30.8 Å². The molecule has 7 heteroatoms. The van der Waals surface area contributed by atoms with E-state index in [1.807, 2.05) is 29.5 Å². The molecule has 3 heterocycles. The molecule has 0 aromatic carbocycles. The second-order valence-electron chi connectivity index (χ2n) is 5.54. The van der Waals surface area contributed by atoms with Crippen LogP contribution in [0.1, 0.15) is 11.3 Å². The van der Waals surface area contributed by atoms with E-state index in [2.05, 4.69) is 14.9 Å². The van der Waals surface area contributed by atoms with Gasteiger partial charge >= 0.3 is 0 Å². The number of aromatic nitrogens is 2. The topological polar surface area (TPSA) is 58.6 Å². The zero-order chi connectivity index (χ0) is 16.2. The monoisotopic (exact) mass is 332 g/mol. The minimum Gasteiger partial charge on any atom is -0.478 e. The summed E-state index contributed by atoms with van der Waals surface area (Å²) >= 11 is 1.62. The van der Waals surface area contributed by atoms with Crippen molar-refractivity contribution >= 4 is 23.1 Å². The van der Waals surface area contributed by atoms with Gasteiger partial charge in [-0.3, -0.25) is 4.79 Å². The fourth-order valence-electron chi connectivity index (χ4n) is 2.82. The van der Waals surface area contributed by atoms with Gasteiger partial charge in [0.15, 0.2) is 5.82 Å². The van der Waals surface area contributed by atoms with E-state index in [0.717, 1.165) is 30.2 Å². The van der Waals surface area contributed by atoms with E-state index in [0.29, 0.717) is 12.3 Å². The van der Waals surface area contributed by atoms with Crippen molar-refractivity contribution in [2.24, 2.45) is 0 Å². The molecule has 0 saturated carbocycles. The zero-order valence-electron chi connectivity index (χ0n) is 13.3. The van der Waals surface area contributed by atoms with Crippen LogP contribution in [0.4, 0.5) is 5.82 Å². The first-order valence-corrected chi connectivity index (χ1v) is 8.45. The average molecular weight is 332 g/mol. The Morgan fingerprint density at radius 3 is 3.04 bits per heavy atom. The van der Waals surface area contributed by atoms with E-state index >= 15 is 0 Å². The predicted molar refractivity (Wildman–Crippen MR) is 90.0 cm³/mol. The van der Waals surface area contributed by atoms with E-state index in [4.69, 9.17) is 4.74 Å². The van der Waals surface area contributed by atoms with Crippen molar-refractivity contribution in [3.05, 3.63) is 34.8 Å². The van der Waals surface area contributed by atoms with Crippen molar-refractivity contribution < 1.29 is 9.53 Å². The first-order valence-electron chi connectivity index (χ1n) is 7.57. The molecule has 0 N–H and O–H groups in total. The summed E-state index contributed by atoms with van der Waals surface area (Å²) in [5, 5.41) is 2.00. The molecule has 2 aromatic rings. The van der Waals surface area contributed by atoms with Crippen molar-refractivity contribution in [2.75, 3.05) is 32.1 Å². The Hall–Kier alpha value is -2.15. The van der Waals surface area contributed by atoms with Gasteiger partial charge in [-0.25, -0.2) is 9.97 Å². The summed E-state index contributed by atoms with van der Waals surface area (Å²) in [7, 11) is 3.48. The van der Waals surface area contributed by atoms with Crippen molar-refractivity contribution in [2.45, 2.75) is 18.9 Å². The van der Waals surface area contributed by atoms with Gasteiger partial charge in [0.2, 0.25) is 5.91 Å². The second-order valence-corrected chi connectivity index (χ2v) is 6.57. The highest BCUT2D eigenvalue weighted by atomic mass is 32.1. The van der Waals surface area contributed by atoms with Crippen LogP contribution in [0.5, 0.6) is 5.88 Å². The Balaban J connectivity index is 1.63. The van der Waals surface area contributed by atoms with Gasteiger partial charge in [-0.1, -0.05) is 6.07 Å². The molecular weight excluding hydrogens is 312 g/mol. The average Bonchev–Trinajstić information content (AvgIpc) is 3.25. The van der Waals surface area contributed by atoms with Crippen LogP contribution in [0.15, 0.2) is 29.9 Å². The van der Waals surface area contributed by atoms with Crippen LogP contribution in [0, 0.1) is 0 Å². The highest BCUT2D eigenvalue weighted by Crippen LogP contribution is 2.27. The predicted octanol–water partition coefficient (Wildman–Crippen LogP) is 1.83. The number of amides is 1. The largest absolute Gasteiger partial charge is 0.478 e. The Morgan fingerprint density at radius 1 is 1.48 bits per heavy atom. The van der Waals surface area contributed by atoms with Crippen LogP contribution in [-0.4, -0.2) is 54.1 Å². The third-order valence-corrected chi connectivity index (χ3v) is 5.03. The van der Waals surface area contributed by atoms with Gasteiger partial charge in [-0.2, -0.15) is 0 Å². The Labute approximate surface area is 139 Å². The first kappa shape index (κ1) is 15.7.